The minimum Gasteiger partial charge on any atom is -0.469 e. The molecule has 0 saturated carbocycles. The molecule has 0 fully saturated rings. The van der Waals surface area contributed by atoms with Crippen LogP contribution in [0, 0.1) is 0 Å². The molecule has 2 aromatic heterocycles. The van der Waals surface area contributed by atoms with E-state index < -0.39 is 0 Å². The summed E-state index contributed by atoms with van der Waals surface area (Å²) in [5.74, 6) is 1.81. The summed E-state index contributed by atoms with van der Waals surface area (Å²) < 4.78 is 5.41. The number of pyridine rings is 1. The van der Waals surface area contributed by atoms with Gasteiger partial charge < -0.3 is 20.0 Å². The van der Waals surface area contributed by atoms with Gasteiger partial charge in [0.15, 0.2) is 5.96 Å². The normalized spacial score (nSPS) is 11.3. The fourth-order valence-corrected chi connectivity index (χ4v) is 3.10. The maximum Gasteiger partial charge on any atom is 0.191 e. The van der Waals surface area contributed by atoms with E-state index >= 15 is 0 Å². The molecule has 158 valence electrons. The molecule has 6 heteroatoms. The largest absolute Gasteiger partial charge is 0.469 e. The third kappa shape index (κ3) is 7.62. The van der Waals surface area contributed by atoms with Crippen molar-refractivity contribution in [2.45, 2.75) is 19.3 Å². The fraction of sp³-hybridized carbons (Fsp3) is 0.333. The fourth-order valence-electron chi connectivity index (χ4n) is 3.10. The predicted molar refractivity (Wildman–Crippen MR) is 123 cm³/mol. The average molecular weight is 406 g/mol. The number of anilines is 1. The molecule has 0 radical (unpaired) electrons. The Morgan fingerprint density at radius 2 is 1.77 bits per heavy atom. The standard InChI is InChI=1S/C24H31N5O/c1-29(22-10-3-2-4-11-22)19-8-16-26-24(28-18-14-23-12-7-20-30-23)27-17-13-21-9-5-6-15-25-21/h2-7,9-12,15,20H,8,13-14,16-19H2,1H3,(H2,26,27,28). The molecule has 3 aromatic rings. The lowest BCUT2D eigenvalue weighted by Gasteiger charge is -2.18. The number of nitrogens with zero attached hydrogens (tertiary/aromatic N) is 3. The Labute approximate surface area is 179 Å². The van der Waals surface area contributed by atoms with Crippen LogP contribution in [0.3, 0.4) is 0 Å². The van der Waals surface area contributed by atoms with Gasteiger partial charge in [0.05, 0.1) is 6.26 Å². The van der Waals surface area contributed by atoms with Crippen molar-refractivity contribution in [2.24, 2.45) is 4.99 Å². The summed E-state index contributed by atoms with van der Waals surface area (Å²) in [4.78, 5) is 11.4. The first-order valence-electron chi connectivity index (χ1n) is 10.5. The van der Waals surface area contributed by atoms with Crippen molar-refractivity contribution in [3.63, 3.8) is 0 Å². The molecule has 0 atom stereocenters. The minimum absolute atomic E-state index is 0.761. The number of hydrogen-bond donors (Lipinski definition) is 2. The maximum absolute atomic E-state index is 5.41. The number of rotatable bonds is 11. The molecule has 2 N–H and O–H groups in total. The summed E-state index contributed by atoms with van der Waals surface area (Å²) in [5, 5.41) is 6.83. The molecule has 0 aliphatic rings. The molecule has 0 saturated heterocycles. The molecular formula is C24H31N5O. The molecule has 0 aliphatic heterocycles. The predicted octanol–water partition coefficient (Wildman–Crippen LogP) is 3.52. The molecule has 2 heterocycles. The van der Waals surface area contributed by atoms with Crippen LogP contribution in [-0.4, -0.2) is 44.2 Å². The Morgan fingerprint density at radius 3 is 2.50 bits per heavy atom. The number of furan rings is 1. The second-order valence-electron chi connectivity index (χ2n) is 7.09. The minimum atomic E-state index is 0.761. The van der Waals surface area contributed by atoms with Gasteiger partial charge in [0.2, 0.25) is 0 Å². The van der Waals surface area contributed by atoms with E-state index in [1.807, 2.05) is 42.6 Å². The Bertz CT molecular complexity index is 850. The first kappa shape index (κ1) is 21.4. The van der Waals surface area contributed by atoms with Crippen molar-refractivity contribution in [3.05, 3.63) is 84.6 Å². The van der Waals surface area contributed by atoms with Crippen molar-refractivity contribution in [3.8, 4) is 0 Å². The Morgan fingerprint density at radius 1 is 0.967 bits per heavy atom. The number of guanidine groups is 1. The topological polar surface area (TPSA) is 65.7 Å². The van der Waals surface area contributed by atoms with Crippen molar-refractivity contribution in [2.75, 3.05) is 38.1 Å². The average Bonchev–Trinajstić information content (AvgIpc) is 3.31. The van der Waals surface area contributed by atoms with Gasteiger partial charge in [0.25, 0.3) is 0 Å². The van der Waals surface area contributed by atoms with E-state index in [1.54, 1.807) is 6.26 Å². The lowest BCUT2D eigenvalue weighted by Crippen LogP contribution is -2.39. The zero-order valence-corrected chi connectivity index (χ0v) is 17.6. The molecule has 30 heavy (non-hydrogen) atoms. The van der Waals surface area contributed by atoms with Crippen LogP contribution in [0.2, 0.25) is 0 Å². The lowest BCUT2D eigenvalue weighted by molar-refractivity contribution is 0.506. The molecule has 0 aliphatic carbocycles. The summed E-state index contributed by atoms with van der Waals surface area (Å²) in [6, 6.07) is 20.3. The number of benzene rings is 1. The van der Waals surface area contributed by atoms with E-state index in [9.17, 15) is 0 Å². The quantitative estimate of drug-likeness (QED) is 0.290. The smallest absolute Gasteiger partial charge is 0.191 e. The van der Waals surface area contributed by atoms with Gasteiger partial charge in [-0.3, -0.25) is 9.98 Å². The molecular weight excluding hydrogens is 374 g/mol. The van der Waals surface area contributed by atoms with Crippen molar-refractivity contribution >= 4 is 11.6 Å². The van der Waals surface area contributed by atoms with Gasteiger partial charge >= 0.3 is 0 Å². The van der Waals surface area contributed by atoms with Crippen LogP contribution in [0.25, 0.3) is 0 Å². The van der Waals surface area contributed by atoms with Gasteiger partial charge in [-0.2, -0.15) is 0 Å². The zero-order chi connectivity index (χ0) is 20.9. The van der Waals surface area contributed by atoms with Crippen LogP contribution in [0.4, 0.5) is 5.69 Å². The van der Waals surface area contributed by atoms with Gasteiger partial charge in [-0.05, 0) is 42.8 Å². The number of aromatic nitrogens is 1. The highest BCUT2D eigenvalue weighted by Gasteiger charge is 2.03. The van der Waals surface area contributed by atoms with Crippen LogP contribution in [0.1, 0.15) is 17.9 Å². The highest BCUT2D eigenvalue weighted by Crippen LogP contribution is 2.10. The van der Waals surface area contributed by atoms with E-state index in [4.69, 9.17) is 9.41 Å². The third-order valence-electron chi connectivity index (χ3n) is 4.76. The van der Waals surface area contributed by atoms with Gasteiger partial charge in [-0.25, -0.2) is 0 Å². The summed E-state index contributed by atoms with van der Waals surface area (Å²) in [5.41, 5.74) is 2.30. The number of para-hydroxylation sites is 1. The highest BCUT2D eigenvalue weighted by molar-refractivity contribution is 5.79. The van der Waals surface area contributed by atoms with Crippen molar-refractivity contribution < 1.29 is 4.42 Å². The van der Waals surface area contributed by atoms with Gasteiger partial charge in [0, 0.05) is 63.6 Å². The molecule has 6 nitrogen and oxygen atoms in total. The van der Waals surface area contributed by atoms with Gasteiger partial charge in [-0.1, -0.05) is 24.3 Å². The molecule has 0 spiro atoms. The van der Waals surface area contributed by atoms with E-state index in [-0.39, 0.29) is 0 Å². The van der Waals surface area contributed by atoms with Crippen molar-refractivity contribution in [1.82, 2.24) is 15.6 Å². The second kappa shape index (κ2) is 12.3. The van der Waals surface area contributed by atoms with Crippen LogP contribution < -0.4 is 15.5 Å². The third-order valence-corrected chi connectivity index (χ3v) is 4.76. The number of hydrogen-bond acceptors (Lipinski definition) is 4. The summed E-state index contributed by atoms with van der Waals surface area (Å²) >= 11 is 0. The maximum atomic E-state index is 5.41. The van der Waals surface area contributed by atoms with E-state index in [2.05, 4.69) is 51.8 Å². The van der Waals surface area contributed by atoms with Gasteiger partial charge in [-0.15, -0.1) is 0 Å². The monoisotopic (exact) mass is 405 g/mol. The zero-order valence-electron chi connectivity index (χ0n) is 17.6. The molecule has 3 rings (SSSR count). The first-order chi connectivity index (χ1) is 14.8. The van der Waals surface area contributed by atoms with Gasteiger partial charge in [0.1, 0.15) is 5.76 Å². The second-order valence-corrected chi connectivity index (χ2v) is 7.09. The van der Waals surface area contributed by atoms with Crippen LogP contribution >= 0.6 is 0 Å². The van der Waals surface area contributed by atoms with Crippen LogP contribution in [-0.2, 0) is 12.8 Å². The van der Waals surface area contributed by atoms with E-state index in [0.717, 1.165) is 62.9 Å². The summed E-state index contributed by atoms with van der Waals surface area (Å²) in [6.45, 7) is 3.28. The first-order valence-corrected chi connectivity index (χ1v) is 10.5. The van der Waals surface area contributed by atoms with Crippen LogP contribution in [0.15, 0.2) is 82.5 Å². The SMILES string of the molecule is CN(CCCN=C(NCCc1ccccn1)NCCc1ccco1)c1ccccc1. The van der Waals surface area contributed by atoms with E-state index in [1.165, 1.54) is 5.69 Å². The summed E-state index contributed by atoms with van der Waals surface area (Å²) in [6.07, 6.45) is 6.20. The number of nitrogens with one attached hydrogen (secondary N) is 2. The van der Waals surface area contributed by atoms with Crippen LogP contribution in [0.5, 0.6) is 0 Å². The molecule has 0 bridgehead atoms. The molecule has 0 unspecified atom stereocenters. The molecule has 0 amide bonds. The lowest BCUT2D eigenvalue weighted by atomic mass is 10.3. The Hall–Kier alpha value is -3.28. The van der Waals surface area contributed by atoms with E-state index in [0.29, 0.717) is 0 Å². The molecule has 1 aromatic carbocycles. The number of aliphatic imine (C=N–C) groups is 1. The summed E-state index contributed by atoms with van der Waals surface area (Å²) in [7, 11) is 2.12. The van der Waals surface area contributed by atoms with Crippen molar-refractivity contribution in [1.29, 1.82) is 0 Å². The Balaban J connectivity index is 1.45. The Kier molecular flexibility index (Phi) is 8.80. The highest BCUT2D eigenvalue weighted by atomic mass is 16.3.